The number of methoxy groups -OCH3 is 1. The van der Waals surface area contributed by atoms with Crippen molar-refractivity contribution in [2.45, 2.75) is 26.3 Å². The van der Waals surface area contributed by atoms with Gasteiger partial charge in [-0.3, -0.25) is 14.3 Å². The summed E-state index contributed by atoms with van der Waals surface area (Å²) in [5, 5.41) is 15.6. The fraction of sp³-hybridized carbons (Fsp3) is 0.435. The minimum atomic E-state index is -0.739. The Morgan fingerprint density at radius 1 is 1.23 bits per heavy atom. The van der Waals surface area contributed by atoms with E-state index in [1.165, 1.54) is 4.90 Å². The number of hydrogen-bond donors (Lipinski definition) is 1. The van der Waals surface area contributed by atoms with E-state index >= 15 is 0 Å². The highest BCUT2D eigenvalue weighted by Crippen LogP contribution is 2.43. The zero-order chi connectivity index (χ0) is 22.9. The van der Waals surface area contributed by atoms with Gasteiger partial charge in [-0.2, -0.15) is 5.10 Å². The molecular weight excluding hydrogens is 396 g/mol. The normalized spacial score (nSPS) is 18.3. The summed E-state index contributed by atoms with van der Waals surface area (Å²) >= 11 is 0. The number of nitrogens with zero attached hydrogens (tertiary/aromatic N) is 4. The standard InChI is InChI=1S/C23H30N4O4/c1-14-18(15(2)26(5)24-14)21(28)19-20(16-10-7-8-11-17(16)31-6)27(23(30)22(19)29)13-9-12-25(3)4/h7-8,10-11,20,28H,9,12-13H2,1-6H3/t20-/m1/s1. The number of amides is 1. The third-order valence-electron chi connectivity index (χ3n) is 5.72. The van der Waals surface area contributed by atoms with Crippen molar-refractivity contribution in [3.05, 3.63) is 52.4 Å². The molecule has 31 heavy (non-hydrogen) atoms. The van der Waals surface area contributed by atoms with Gasteiger partial charge in [0.2, 0.25) is 0 Å². The first-order valence-electron chi connectivity index (χ1n) is 10.3. The maximum atomic E-state index is 13.2. The van der Waals surface area contributed by atoms with E-state index in [4.69, 9.17) is 4.74 Å². The third kappa shape index (κ3) is 4.07. The van der Waals surface area contributed by atoms with E-state index in [1.807, 2.05) is 44.1 Å². The van der Waals surface area contributed by atoms with E-state index in [0.717, 1.165) is 6.54 Å². The van der Waals surface area contributed by atoms with Crippen molar-refractivity contribution >= 4 is 17.4 Å². The van der Waals surface area contributed by atoms with Crippen molar-refractivity contribution < 1.29 is 19.4 Å². The summed E-state index contributed by atoms with van der Waals surface area (Å²) in [7, 11) is 7.24. The molecule has 1 aromatic heterocycles. The first-order chi connectivity index (χ1) is 14.7. The Labute approximate surface area is 182 Å². The summed E-state index contributed by atoms with van der Waals surface area (Å²) in [6, 6.07) is 6.53. The molecule has 0 radical (unpaired) electrons. The van der Waals surface area contributed by atoms with Crippen LogP contribution in [-0.2, 0) is 16.6 Å². The van der Waals surface area contributed by atoms with Gasteiger partial charge in [-0.05, 0) is 47.0 Å². The van der Waals surface area contributed by atoms with Crippen molar-refractivity contribution in [2.24, 2.45) is 7.05 Å². The monoisotopic (exact) mass is 426 g/mol. The molecule has 2 aromatic rings. The Bertz CT molecular complexity index is 1040. The summed E-state index contributed by atoms with van der Waals surface area (Å²) in [6.07, 6.45) is 0.691. The smallest absolute Gasteiger partial charge is 0.295 e. The molecule has 0 spiro atoms. The number of aromatic nitrogens is 2. The van der Waals surface area contributed by atoms with Crippen molar-refractivity contribution in [1.29, 1.82) is 0 Å². The Morgan fingerprint density at radius 3 is 2.48 bits per heavy atom. The lowest BCUT2D eigenvalue weighted by atomic mass is 9.94. The molecule has 0 saturated carbocycles. The largest absolute Gasteiger partial charge is 0.507 e. The highest BCUT2D eigenvalue weighted by Gasteiger charge is 2.47. The molecule has 1 aliphatic heterocycles. The van der Waals surface area contributed by atoms with Gasteiger partial charge in [-0.25, -0.2) is 0 Å². The number of hydrogen-bond acceptors (Lipinski definition) is 6. The van der Waals surface area contributed by atoms with Crippen LogP contribution in [0.25, 0.3) is 5.76 Å². The van der Waals surface area contributed by atoms with Gasteiger partial charge in [0, 0.05) is 24.8 Å². The molecule has 0 bridgehead atoms. The molecule has 3 rings (SSSR count). The maximum Gasteiger partial charge on any atom is 0.295 e. The zero-order valence-electron chi connectivity index (χ0n) is 19.0. The fourth-order valence-corrected chi connectivity index (χ4v) is 4.13. The van der Waals surface area contributed by atoms with Gasteiger partial charge in [0.15, 0.2) is 0 Å². The summed E-state index contributed by atoms with van der Waals surface area (Å²) in [4.78, 5) is 29.8. The lowest BCUT2D eigenvalue weighted by molar-refractivity contribution is -0.140. The molecule has 1 amide bonds. The first kappa shape index (κ1) is 22.6. The minimum Gasteiger partial charge on any atom is -0.507 e. The molecule has 0 unspecified atom stereocenters. The Balaban J connectivity index is 2.20. The van der Waals surface area contributed by atoms with E-state index in [9.17, 15) is 14.7 Å². The van der Waals surface area contributed by atoms with Crippen LogP contribution in [0.2, 0.25) is 0 Å². The van der Waals surface area contributed by atoms with Crippen molar-refractivity contribution in [3.8, 4) is 5.75 Å². The molecule has 8 nitrogen and oxygen atoms in total. The van der Waals surface area contributed by atoms with Gasteiger partial charge in [-0.1, -0.05) is 18.2 Å². The third-order valence-corrected chi connectivity index (χ3v) is 5.72. The topological polar surface area (TPSA) is 87.9 Å². The summed E-state index contributed by atoms with van der Waals surface area (Å²) in [5.41, 5.74) is 2.52. The molecular formula is C23H30N4O4. The molecule has 1 aliphatic rings. The lowest BCUT2D eigenvalue weighted by Crippen LogP contribution is -2.32. The van der Waals surface area contributed by atoms with Crippen molar-refractivity contribution in [1.82, 2.24) is 19.6 Å². The van der Waals surface area contributed by atoms with Crippen LogP contribution in [0, 0.1) is 13.8 Å². The van der Waals surface area contributed by atoms with E-state index in [0.29, 0.717) is 41.2 Å². The number of benzene rings is 1. The second-order valence-corrected chi connectivity index (χ2v) is 8.06. The Morgan fingerprint density at radius 2 is 1.90 bits per heavy atom. The molecule has 166 valence electrons. The Kier molecular flexibility index (Phi) is 6.50. The number of aliphatic hydroxyl groups excluding tert-OH is 1. The number of para-hydroxylation sites is 1. The van der Waals surface area contributed by atoms with Crippen LogP contribution in [0.1, 0.15) is 35.0 Å². The molecule has 1 saturated heterocycles. The average molecular weight is 427 g/mol. The Hall–Kier alpha value is -3.13. The number of ketones is 1. The summed E-state index contributed by atoms with van der Waals surface area (Å²) < 4.78 is 7.17. The quantitative estimate of drug-likeness (QED) is 0.416. The number of likely N-dealkylation sites (tertiary alicyclic amines) is 1. The number of carbonyl (C=O) groups is 2. The lowest BCUT2D eigenvalue weighted by Gasteiger charge is -2.27. The fourth-order valence-electron chi connectivity index (χ4n) is 4.13. The van der Waals surface area contributed by atoms with Gasteiger partial charge in [0.25, 0.3) is 11.7 Å². The highest BCUT2D eigenvalue weighted by molar-refractivity contribution is 6.46. The SMILES string of the molecule is COc1ccccc1[C@@H]1C(=C(O)c2c(C)nn(C)c2C)C(=O)C(=O)N1CCCN(C)C. The highest BCUT2D eigenvalue weighted by atomic mass is 16.5. The van der Waals surface area contributed by atoms with Crippen molar-refractivity contribution in [2.75, 3.05) is 34.3 Å². The van der Waals surface area contributed by atoms with E-state index in [1.54, 1.807) is 31.8 Å². The predicted molar refractivity (Wildman–Crippen MR) is 118 cm³/mol. The minimum absolute atomic E-state index is 0.0681. The van der Waals surface area contributed by atoms with Gasteiger partial charge in [0.05, 0.1) is 30.0 Å². The molecule has 0 aliphatic carbocycles. The number of aliphatic hydroxyl groups is 1. The first-order valence-corrected chi connectivity index (χ1v) is 10.3. The van der Waals surface area contributed by atoms with E-state index in [-0.39, 0.29) is 11.3 Å². The molecule has 8 heteroatoms. The number of Topliss-reactive ketones (excluding diaryl/α,β-unsaturated/α-hetero) is 1. The zero-order valence-corrected chi connectivity index (χ0v) is 19.0. The second kappa shape index (κ2) is 8.93. The summed E-state index contributed by atoms with van der Waals surface area (Å²) in [5.74, 6) is -0.957. The number of ether oxygens (including phenoxy) is 1. The van der Waals surface area contributed by atoms with Crippen LogP contribution in [0.15, 0.2) is 29.8 Å². The van der Waals surface area contributed by atoms with E-state index in [2.05, 4.69) is 5.10 Å². The van der Waals surface area contributed by atoms with Gasteiger partial charge < -0.3 is 19.6 Å². The second-order valence-electron chi connectivity index (χ2n) is 8.06. The van der Waals surface area contributed by atoms with Gasteiger partial charge >= 0.3 is 0 Å². The van der Waals surface area contributed by atoms with Gasteiger partial charge in [0.1, 0.15) is 11.5 Å². The van der Waals surface area contributed by atoms with Crippen LogP contribution in [0.5, 0.6) is 5.75 Å². The van der Waals surface area contributed by atoms with E-state index < -0.39 is 17.7 Å². The van der Waals surface area contributed by atoms with Crippen LogP contribution < -0.4 is 4.74 Å². The molecule has 1 atom stereocenters. The number of rotatable bonds is 7. The van der Waals surface area contributed by atoms with Crippen molar-refractivity contribution in [3.63, 3.8) is 0 Å². The molecule has 1 fully saturated rings. The molecule has 2 heterocycles. The van der Waals surface area contributed by atoms with Crippen LogP contribution in [0.4, 0.5) is 0 Å². The molecule has 1 N–H and O–H groups in total. The molecule has 1 aromatic carbocycles. The number of carbonyl (C=O) groups excluding carboxylic acids is 2. The maximum absolute atomic E-state index is 13.2. The van der Waals surface area contributed by atoms with Gasteiger partial charge in [-0.15, -0.1) is 0 Å². The summed E-state index contributed by atoms with van der Waals surface area (Å²) in [6.45, 7) is 4.74. The van der Waals surface area contributed by atoms with Crippen LogP contribution >= 0.6 is 0 Å². The van der Waals surface area contributed by atoms with Crippen LogP contribution in [-0.4, -0.2) is 70.7 Å². The van der Waals surface area contributed by atoms with Crippen LogP contribution in [0.3, 0.4) is 0 Å². The number of aryl methyl sites for hydroxylation is 2. The average Bonchev–Trinajstić information content (AvgIpc) is 3.13. The predicted octanol–water partition coefficient (Wildman–Crippen LogP) is 2.42.